The highest BCUT2D eigenvalue weighted by atomic mass is 35.5. The van der Waals surface area contributed by atoms with Crippen molar-refractivity contribution in [1.29, 1.82) is 0 Å². The number of benzene rings is 1. The first kappa shape index (κ1) is 16.0. The van der Waals surface area contributed by atoms with Gasteiger partial charge in [-0.2, -0.15) is 12.7 Å². The van der Waals surface area contributed by atoms with Crippen molar-refractivity contribution in [3.63, 3.8) is 0 Å². The third-order valence-corrected chi connectivity index (χ3v) is 5.05. The highest BCUT2D eigenvalue weighted by Gasteiger charge is 2.32. The van der Waals surface area contributed by atoms with E-state index in [0.717, 1.165) is 10.4 Å². The standard InChI is InChI=1S/C12H14ClFN2O4S/c13-10-4-3-9(6-11(10)14)15-21(19,20)16-5-1-2-8(7-16)12(17)18/h3-4,6,8,15H,1-2,5,7H2,(H,17,18). The number of hydrogen-bond donors (Lipinski definition) is 2. The molecule has 1 heterocycles. The molecule has 9 heteroatoms. The highest BCUT2D eigenvalue weighted by molar-refractivity contribution is 7.90. The lowest BCUT2D eigenvalue weighted by Crippen LogP contribution is -2.44. The Labute approximate surface area is 126 Å². The van der Waals surface area contributed by atoms with E-state index in [9.17, 15) is 17.6 Å². The SMILES string of the molecule is O=C(O)C1CCCN(S(=O)(=O)Nc2ccc(Cl)c(F)c2)C1. The summed E-state index contributed by atoms with van der Waals surface area (Å²) in [5, 5.41) is 8.86. The molecular formula is C12H14ClFN2O4S. The minimum Gasteiger partial charge on any atom is -0.481 e. The molecule has 116 valence electrons. The van der Waals surface area contributed by atoms with E-state index in [-0.39, 0.29) is 23.8 Å². The van der Waals surface area contributed by atoms with Crippen LogP contribution in [0.15, 0.2) is 18.2 Å². The van der Waals surface area contributed by atoms with Crippen LogP contribution in [-0.4, -0.2) is 36.9 Å². The molecule has 1 aromatic rings. The topological polar surface area (TPSA) is 86.7 Å². The zero-order valence-corrected chi connectivity index (χ0v) is 12.5. The molecule has 0 aliphatic carbocycles. The number of carboxylic acid groups (broad SMARTS) is 1. The Morgan fingerprint density at radius 1 is 1.48 bits per heavy atom. The van der Waals surface area contributed by atoms with E-state index < -0.39 is 27.9 Å². The van der Waals surface area contributed by atoms with Gasteiger partial charge in [0.25, 0.3) is 0 Å². The minimum atomic E-state index is -3.92. The van der Waals surface area contributed by atoms with E-state index in [2.05, 4.69) is 4.72 Å². The summed E-state index contributed by atoms with van der Waals surface area (Å²) in [4.78, 5) is 11.0. The Bertz CT molecular complexity index is 653. The molecule has 6 nitrogen and oxygen atoms in total. The lowest BCUT2D eigenvalue weighted by Gasteiger charge is -2.29. The van der Waals surface area contributed by atoms with Crippen LogP contribution in [0, 0.1) is 11.7 Å². The number of halogens is 2. The summed E-state index contributed by atoms with van der Waals surface area (Å²) in [6.45, 7) is 0.135. The first-order chi connectivity index (χ1) is 9.79. The molecule has 0 amide bonds. The number of anilines is 1. The summed E-state index contributed by atoms with van der Waals surface area (Å²) >= 11 is 5.53. The van der Waals surface area contributed by atoms with Crippen LogP contribution in [0.1, 0.15) is 12.8 Å². The van der Waals surface area contributed by atoms with Gasteiger partial charge in [0.05, 0.1) is 16.6 Å². The van der Waals surface area contributed by atoms with Gasteiger partial charge in [-0.25, -0.2) is 4.39 Å². The maximum atomic E-state index is 13.3. The van der Waals surface area contributed by atoms with Gasteiger partial charge < -0.3 is 5.11 Å². The van der Waals surface area contributed by atoms with Gasteiger partial charge in [-0.1, -0.05) is 11.6 Å². The lowest BCUT2D eigenvalue weighted by atomic mass is 10.0. The third kappa shape index (κ3) is 3.84. The molecule has 0 bridgehead atoms. The van der Waals surface area contributed by atoms with Gasteiger partial charge in [0.15, 0.2) is 0 Å². The second-order valence-electron chi connectivity index (χ2n) is 4.77. The average molecular weight is 337 g/mol. The van der Waals surface area contributed by atoms with Crippen molar-refractivity contribution in [3.8, 4) is 0 Å². The van der Waals surface area contributed by atoms with Crippen LogP contribution < -0.4 is 4.72 Å². The van der Waals surface area contributed by atoms with Gasteiger partial charge in [0.2, 0.25) is 0 Å². The van der Waals surface area contributed by atoms with Gasteiger partial charge in [-0.15, -0.1) is 0 Å². The van der Waals surface area contributed by atoms with E-state index >= 15 is 0 Å². The van der Waals surface area contributed by atoms with E-state index in [0.29, 0.717) is 12.8 Å². The van der Waals surface area contributed by atoms with Crippen LogP contribution in [-0.2, 0) is 15.0 Å². The Morgan fingerprint density at radius 2 is 2.19 bits per heavy atom. The molecule has 1 aromatic carbocycles. The van der Waals surface area contributed by atoms with Crippen molar-refractivity contribution in [3.05, 3.63) is 29.0 Å². The maximum Gasteiger partial charge on any atom is 0.307 e. The van der Waals surface area contributed by atoms with E-state index in [1.807, 2.05) is 0 Å². The Balaban J connectivity index is 2.14. The van der Waals surface area contributed by atoms with Crippen LogP contribution in [0.25, 0.3) is 0 Å². The highest BCUT2D eigenvalue weighted by Crippen LogP contribution is 2.23. The van der Waals surface area contributed by atoms with Crippen LogP contribution in [0.3, 0.4) is 0 Å². The molecule has 1 fully saturated rings. The largest absolute Gasteiger partial charge is 0.481 e. The number of piperidine rings is 1. The predicted octanol–water partition coefficient (Wildman–Crippen LogP) is 1.93. The summed E-state index contributed by atoms with van der Waals surface area (Å²) in [5.74, 6) is -2.48. The summed E-state index contributed by atoms with van der Waals surface area (Å²) in [6, 6.07) is 3.55. The number of carbonyl (C=O) groups is 1. The molecule has 1 unspecified atom stereocenters. The fraction of sp³-hybridized carbons (Fsp3) is 0.417. The molecule has 1 saturated heterocycles. The van der Waals surface area contributed by atoms with Crippen molar-refractivity contribution in [2.75, 3.05) is 17.8 Å². The Kier molecular flexibility index (Phi) is 4.70. The maximum absolute atomic E-state index is 13.3. The van der Waals surface area contributed by atoms with Crippen LogP contribution in [0.2, 0.25) is 5.02 Å². The summed E-state index contributed by atoms with van der Waals surface area (Å²) in [6.07, 6.45) is 0.907. The van der Waals surface area contributed by atoms with Gasteiger partial charge in [-0.05, 0) is 31.0 Å². The third-order valence-electron chi connectivity index (χ3n) is 3.24. The number of carboxylic acids is 1. The van der Waals surface area contributed by atoms with Crippen LogP contribution in [0.4, 0.5) is 10.1 Å². The first-order valence-electron chi connectivity index (χ1n) is 6.25. The van der Waals surface area contributed by atoms with Crippen LogP contribution >= 0.6 is 11.6 Å². The van der Waals surface area contributed by atoms with Gasteiger partial charge >= 0.3 is 16.2 Å². The zero-order valence-electron chi connectivity index (χ0n) is 10.9. The summed E-state index contributed by atoms with van der Waals surface area (Å²) in [7, 11) is -3.92. The van der Waals surface area contributed by atoms with Crippen molar-refractivity contribution in [1.82, 2.24) is 4.31 Å². The fourth-order valence-corrected chi connectivity index (χ4v) is 3.55. The van der Waals surface area contributed by atoms with Gasteiger partial charge in [0.1, 0.15) is 5.82 Å². The molecule has 2 rings (SSSR count). The predicted molar refractivity (Wildman–Crippen MR) is 75.9 cm³/mol. The van der Waals surface area contributed by atoms with Gasteiger partial charge in [0, 0.05) is 13.1 Å². The molecule has 0 saturated carbocycles. The molecular weight excluding hydrogens is 323 g/mol. The summed E-state index contributed by atoms with van der Waals surface area (Å²) in [5.41, 5.74) is 0.0364. The van der Waals surface area contributed by atoms with Crippen molar-refractivity contribution in [2.45, 2.75) is 12.8 Å². The van der Waals surface area contributed by atoms with Crippen molar-refractivity contribution >= 4 is 33.5 Å². The summed E-state index contributed by atoms with van der Waals surface area (Å²) < 4.78 is 41.0. The molecule has 0 aromatic heterocycles. The normalized spacial score (nSPS) is 20.2. The number of aliphatic carboxylic acids is 1. The lowest BCUT2D eigenvalue weighted by molar-refractivity contribution is -0.142. The monoisotopic (exact) mass is 336 g/mol. The average Bonchev–Trinajstić information content (AvgIpc) is 2.43. The number of nitrogens with one attached hydrogen (secondary N) is 1. The zero-order chi connectivity index (χ0) is 15.6. The molecule has 1 atom stereocenters. The molecule has 0 spiro atoms. The molecule has 21 heavy (non-hydrogen) atoms. The molecule has 1 aliphatic rings. The molecule has 2 N–H and O–H groups in total. The first-order valence-corrected chi connectivity index (χ1v) is 8.07. The fourth-order valence-electron chi connectivity index (χ4n) is 2.14. The van der Waals surface area contributed by atoms with Gasteiger partial charge in [-0.3, -0.25) is 9.52 Å². The quantitative estimate of drug-likeness (QED) is 0.879. The second kappa shape index (κ2) is 6.17. The Hall–Kier alpha value is -1.38. The number of nitrogens with zero attached hydrogens (tertiary/aromatic N) is 1. The smallest absolute Gasteiger partial charge is 0.307 e. The van der Waals surface area contributed by atoms with Crippen LogP contribution in [0.5, 0.6) is 0 Å². The molecule has 0 radical (unpaired) electrons. The van der Waals surface area contributed by atoms with E-state index in [4.69, 9.17) is 16.7 Å². The van der Waals surface area contributed by atoms with Crippen molar-refractivity contribution in [2.24, 2.45) is 5.92 Å². The Morgan fingerprint density at radius 3 is 2.81 bits per heavy atom. The second-order valence-corrected chi connectivity index (χ2v) is 6.85. The molecule has 1 aliphatic heterocycles. The van der Waals surface area contributed by atoms with Crippen molar-refractivity contribution < 1.29 is 22.7 Å². The van der Waals surface area contributed by atoms with E-state index in [1.54, 1.807) is 0 Å². The number of hydrogen-bond acceptors (Lipinski definition) is 3. The minimum absolute atomic E-state index is 0.0364. The number of rotatable bonds is 4. The van der Waals surface area contributed by atoms with E-state index in [1.165, 1.54) is 12.1 Å².